The van der Waals surface area contributed by atoms with Gasteiger partial charge in [0.25, 0.3) is 17.7 Å². The molecule has 0 spiro atoms. The highest BCUT2D eigenvalue weighted by atomic mass is 35.5. The molecule has 11 heteroatoms. The molecule has 9 nitrogen and oxygen atoms in total. The summed E-state index contributed by atoms with van der Waals surface area (Å²) in [4.78, 5) is 40.3. The number of benzene rings is 2. The van der Waals surface area contributed by atoms with Gasteiger partial charge in [-0.1, -0.05) is 11.6 Å². The molecular weight excluding hydrogens is 556 g/mol. The largest absolute Gasteiger partial charge is 0.459 e. The molecule has 208 valence electrons. The van der Waals surface area contributed by atoms with Gasteiger partial charge in [0.05, 0.1) is 43.2 Å². The Kier molecular flexibility index (Phi) is 8.63. The Hall–Kier alpha value is -3.54. The first-order valence-electron chi connectivity index (χ1n) is 12.7. The summed E-state index contributed by atoms with van der Waals surface area (Å²) in [5, 5.41) is 16.1. The number of carbonyl (C=O) groups excluding carboxylic acids is 3. The molecule has 2 N–H and O–H groups in total. The Balaban J connectivity index is 1.30. The van der Waals surface area contributed by atoms with Crippen LogP contribution in [0, 0.1) is 6.92 Å². The van der Waals surface area contributed by atoms with E-state index in [2.05, 4.69) is 5.32 Å². The van der Waals surface area contributed by atoms with E-state index in [1.807, 2.05) is 16.8 Å². The van der Waals surface area contributed by atoms with Crippen molar-refractivity contribution in [3.8, 4) is 0 Å². The van der Waals surface area contributed by atoms with Crippen molar-refractivity contribution < 1.29 is 33.7 Å². The first-order chi connectivity index (χ1) is 19.4. The number of carbonyl (C=O) groups is 3. The van der Waals surface area contributed by atoms with Crippen LogP contribution in [0.15, 0.2) is 65.1 Å². The van der Waals surface area contributed by atoms with Gasteiger partial charge in [0.15, 0.2) is 5.76 Å². The topological polar surface area (TPSA) is 114 Å². The fraction of sp³-hybridized carbons (Fsp3) is 0.276. The lowest BCUT2D eigenvalue weighted by Gasteiger charge is -2.29. The van der Waals surface area contributed by atoms with Gasteiger partial charge in [0.1, 0.15) is 0 Å². The first-order valence-corrected chi connectivity index (χ1v) is 14.0. The molecule has 0 aliphatic carbocycles. The van der Waals surface area contributed by atoms with Crippen LogP contribution >= 0.6 is 22.9 Å². The molecule has 2 atom stereocenters. The molecule has 0 fully saturated rings. The van der Waals surface area contributed by atoms with Crippen LogP contribution in [0.1, 0.15) is 44.2 Å². The number of anilines is 2. The van der Waals surface area contributed by atoms with Crippen molar-refractivity contribution in [3.05, 3.63) is 92.3 Å². The third-order valence-electron chi connectivity index (χ3n) is 6.56. The van der Waals surface area contributed by atoms with E-state index < -0.39 is 24.0 Å². The Morgan fingerprint density at radius 3 is 2.70 bits per heavy atom. The number of amides is 3. The molecule has 2 aliphatic heterocycles. The lowest BCUT2D eigenvalue weighted by Crippen LogP contribution is -2.30. The number of allylic oxidation sites excluding steroid dienone is 1. The van der Waals surface area contributed by atoms with E-state index >= 15 is 0 Å². The zero-order chi connectivity index (χ0) is 28.2. The predicted molar refractivity (Wildman–Crippen MR) is 151 cm³/mol. The lowest BCUT2D eigenvalue weighted by molar-refractivity contribution is -0.148. The molecule has 0 radical (unpaired) electrons. The van der Waals surface area contributed by atoms with Gasteiger partial charge in [0.2, 0.25) is 6.29 Å². The molecule has 2 aliphatic rings. The van der Waals surface area contributed by atoms with E-state index in [0.29, 0.717) is 40.6 Å². The summed E-state index contributed by atoms with van der Waals surface area (Å²) in [5.74, 6) is -1.27. The van der Waals surface area contributed by atoms with Crippen LogP contribution in [0.25, 0.3) is 0 Å². The molecule has 3 heterocycles. The molecule has 2 aromatic carbocycles. The minimum Gasteiger partial charge on any atom is -0.459 e. The normalized spacial score (nSPS) is 18.4. The number of thiophene rings is 1. The van der Waals surface area contributed by atoms with E-state index in [1.54, 1.807) is 54.7 Å². The Morgan fingerprint density at radius 2 is 1.95 bits per heavy atom. The maximum absolute atomic E-state index is 13.2. The lowest BCUT2D eigenvalue weighted by atomic mass is 9.95. The number of hydrogen-bond donors (Lipinski definition) is 2. The van der Waals surface area contributed by atoms with Crippen LogP contribution in [-0.2, 0) is 19.0 Å². The fourth-order valence-electron chi connectivity index (χ4n) is 4.65. The highest BCUT2D eigenvalue weighted by Crippen LogP contribution is 2.35. The van der Waals surface area contributed by atoms with Gasteiger partial charge in [-0.05, 0) is 77.4 Å². The summed E-state index contributed by atoms with van der Waals surface area (Å²) in [7, 11) is 0. The summed E-state index contributed by atoms with van der Waals surface area (Å²) >= 11 is 7.60. The predicted octanol–water partition coefficient (Wildman–Crippen LogP) is 4.89. The quantitative estimate of drug-likeness (QED) is 0.258. The van der Waals surface area contributed by atoms with E-state index in [0.717, 1.165) is 10.5 Å². The number of halogens is 1. The van der Waals surface area contributed by atoms with E-state index in [-0.39, 0.29) is 37.1 Å². The third kappa shape index (κ3) is 5.96. The highest BCUT2D eigenvalue weighted by Gasteiger charge is 2.37. The number of nitrogens with zero attached hydrogens (tertiary/aromatic N) is 1. The van der Waals surface area contributed by atoms with Gasteiger partial charge in [-0.15, -0.1) is 0 Å². The van der Waals surface area contributed by atoms with Gasteiger partial charge in [0, 0.05) is 23.0 Å². The smallest absolute Gasteiger partial charge is 0.290 e. The Morgan fingerprint density at radius 1 is 1.12 bits per heavy atom. The maximum Gasteiger partial charge on any atom is 0.290 e. The van der Waals surface area contributed by atoms with Crippen molar-refractivity contribution in [3.63, 3.8) is 0 Å². The first kappa shape index (κ1) is 28.0. The monoisotopic (exact) mass is 582 g/mol. The van der Waals surface area contributed by atoms with E-state index in [9.17, 15) is 14.4 Å². The van der Waals surface area contributed by atoms with E-state index in [1.165, 1.54) is 6.07 Å². The minimum absolute atomic E-state index is 0.0686. The molecule has 2 unspecified atom stereocenters. The number of ether oxygens (including phenoxy) is 3. The van der Waals surface area contributed by atoms with Crippen molar-refractivity contribution in [2.45, 2.75) is 25.6 Å². The average molecular weight is 583 g/mol. The van der Waals surface area contributed by atoms with Crippen LogP contribution in [-0.4, -0.2) is 55.5 Å². The average Bonchev–Trinajstić information content (AvgIpc) is 3.56. The molecule has 1 aromatic heterocycles. The molecule has 3 aromatic rings. The van der Waals surface area contributed by atoms with Gasteiger partial charge in [-0.3, -0.25) is 14.4 Å². The molecule has 0 saturated heterocycles. The van der Waals surface area contributed by atoms with E-state index in [4.69, 9.17) is 30.9 Å². The maximum atomic E-state index is 13.2. The second-order valence-corrected chi connectivity index (χ2v) is 10.5. The summed E-state index contributed by atoms with van der Waals surface area (Å²) in [6.45, 7) is 2.45. The van der Waals surface area contributed by atoms with Crippen molar-refractivity contribution in [2.75, 3.05) is 36.6 Å². The van der Waals surface area contributed by atoms with Gasteiger partial charge < -0.3 is 24.6 Å². The summed E-state index contributed by atoms with van der Waals surface area (Å²) in [6, 6.07) is 11.6. The molecular formula is C29H27ClN2O7S. The van der Waals surface area contributed by atoms with Crippen molar-refractivity contribution in [1.29, 1.82) is 0 Å². The standard InChI is InChI=1S/C29H27ClN2O7S/c1-17-12-21(3-5-24(17)32-28(35)22-4-2-20(30)15-23(22)29(32)36)31-27(34)25-13-19(18-6-11-40-16-18)14-26(39-25)38-10-9-37-8-7-33/h2-6,11-13,15-16,19,26,33H,7-10,14H2,1H3,(H,31,34). The number of fused-ring (bicyclic) bond motifs is 1. The van der Waals surface area contributed by atoms with Crippen molar-refractivity contribution in [1.82, 2.24) is 0 Å². The Bertz CT molecular complexity index is 1460. The molecule has 40 heavy (non-hydrogen) atoms. The number of hydrogen-bond acceptors (Lipinski definition) is 8. The zero-order valence-corrected chi connectivity index (χ0v) is 23.2. The molecule has 3 amide bonds. The number of aryl methyl sites for hydroxylation is 1. The summed E-state index contributed by atoms with van der Waals surface area (Å²) < 4.78 is 16.9. The number of aliphatic hydroxyl groups is 1. The van der Waals surface area contributed by atoms with Crippen LogP contribution in [0.2, 0.25) is 5.02 Å². The van der Waals surface area contributed by atoms with Gasteiger partial charge in [-0.25, -0.2) is 4.90 Å². The molecule has 0 bridgehead atoms. The summed E-state index contributed by atoms with van der Waals surface area (Å²) in [5.41, 5.74) is 3.13. The fourth-order valence-corrected chi connectivity index (χ4v) is 5.55. The van der Waals surface area contributed by atoms with Gasteiger partial charge in [-0.2, -0.15) is 11.3 Å². The van der Waals surface area contributed by atoms with Crippen LogP contribution < -0.4 is 10.2 Å². The second-order valence-electron chi connectivity index (χ2n) is 9.27. The summed E-state index contributed by atoms with van der Waals surface area (Å²) in [6.07, 6.45) is 1.66. The SMILES string of the molecule is Cc1cc(NC(=O)C2=CC(c3ccsc3)CC(OCCOCCO)O2)ccc1N1C(=O)c2ccc(Cl)cc2C1=O. The van der Waals surface area contributed by atoms with Crippen LogP contribution in [0.5, 0.6) is 0 Å². The molecule has 5 rings (SSSR count). The van der Waals surface area contributed by atoms with Crippen molar-refractivity contribution in [2.24, 2.45) is 0 Å². The van der Waals surface area contributed by atoms with Crippen molar-refractivity contribution >= 4 is 52.0 Å². The third-order valence-corrected chi connectivity index (χ3v) is 7.50. The van der Waals surface area contributed by atoms with Crippen LogP contribution in [0.4, 0.5) is 11.4 Å². The number of nitrogens with one attached hydrogen (secondary N) is 1. The minimum atomic E-state index is -0.653. The number of aliphatic hydroxyl groups excluding tert-OH is 1. The van der Waals surface area contributed by atoms with Crippen LogP contribution in [0.3, 0.4) is 0 Å². The number of rotatable bonds is 10. The zero-order valence-electron chi connectivity index (χ0n) is 21.6. The second kappa shape index (κ2) is 12.3. The molecule has 0 saturated carbocycles. The Labute approximate surface area is 239 Å². The van der Waals surface area contributed by atoms with Gasteiger partial charge >= 0.3 is 0 Å². The highest BCUT2D eigenvalue weighted by molar-refractivity contribution is 7.08. The number of imide groups is 1.